The second-order valence-electron chi connectivity index (χ2n) is 2.90. The van der Waals surface area contributed by atoms with Crippen LogP contribution in [0.3, 0.4) is 0 Å². The summed E-state index contributed by atoms with van der Waals surface area (Å²) >= 11 is 0. The maximum absolute atomic E-state index is 12.9. The molecule has 1 aromatic carbocycles. The van der Waals surface area contributed by atoms with E-state index in [-0.39, 0.29) is 5.82 Å². The van der Waals surface area contributed by atoms with Gasteiger partial charge in [0.05, 0.1) is 18.2 Å². The van der Waals surface area contributed by atoms with Gasteiger partial charge in [0, 0.05) is 12.6 Å². The van der Waals surface area contributed by atoms with Crippen molar-refractivity contribution in [2.24, 2.45) is 7.05 Å². The van der Waals surface area contributed by atoms with E-state index in [0.717, 1.165) is 11.3 Å². The van der Waals surface area contributed by atoms with E-state index in [1.54, 1.807) is 18.6 Å². The van der Waals surface area contributed by atoms with Crippen LogP contribution < -0.4 is 0 Å². The van der Waals surface area contributed by atoms with E-state index in [4.69, 9.17) is 0 Å². The molecule has 0 spiro atoms. The Labute approximate surface area is 75.7 Å². The summed E-state index contributed by atoms with van der Waals surface area (Å²) in [5, 5.41) is 0. The van der Waals surface area contributed by atoms with Gasteiger partial charge in [-0.2, -0.15) is 0 Å². The third-order valence-electron chi connectivity index (χ3n) is 1.94. The molecular weight excluding hydrogens is 167 g/mol. The van der Waals surface area contributed by atoms with Gasteiger partial charge in [0.15, 0.2) is 0 Å². The molecule has 0 aliphatic carbocycles. The standard InChI is InChI=1S/C10H9FN2/c1-13-7-12-6-10(13)8-3-2-4-9(11)5-8/h2-7H,1H3. The molecule has 66 valence electrons. The number of nitrogens with zero attached hydrogens (tertiary/aromatic N) is 2. The minimum atomic E-state index is -0.223. The molecule has 2 rings (SSSR count). The largest absolute Gasteiger partial charge is 0.334 e. The van der Waals surface area contributed by atoms with Gasteiger partial charge in [-0.15, -0.1) is 0 Å². The first-order valence-electron chi connectivity index (χ1n) is 3.99. The van der Waals surface area contributed by atoms with Crippen LogP contribution in [0.4, 0.5) is 4.39 Å². The Balaban J connectivity index is 2.53. The maximum atomic E-state index is 12.9. The van der Waals surface area contributed by atoms with Gasteiger partial charge < -0.3 is 4.57 Å². The number of aryl methyl sites for hydroxylation is 1. The van der Waals surface area contributed by atoms with Gasteiger partial charge in [-0.25, -0.2) is 9.37 Å². The zero-order valence-corrected chi connectivity index (χ0v) is 7.24. The summed E-state index contributed by atoms with van der Waals surface area (Å²) in [6.07, 6.45) is 3.41. The molecule has 2 nitrogen and oxygen atoms in total. The van der Waals surface area contributed by atoms with Crippen molar-refractivity contribution in [2.75, 3.05) is 0 Å². The van der Waals surface area contributed by atoms with Gasteiger partial charge in [-0.3, -0.25) is 0 Å². The third-order valence-corrected chi connectivity index (χ3v) is 1.94. The minimum absolute atomic E-state index is 0.223. The fourth-order valence-corrected chi connectivity index (χ4v) is 1.28. The Morgan fingerprint density at radius 2 is 2.23 bits per heavy atom. The SMILES string of the molecule is Cn1cncc1-c1cccc(F)c1. The fourth-order valence-electron chi connectivity index (χ4n) is 1.28. The average Bonchev–Trinajstić information content (AvgIpc) is 2.51. The second kappa shape index (κ2) is 3.01. The van der Waals surface area contributed by atoms with Crippen molar-refractivity contribution in [3.8, 4) is 11.3 Å². The average molecular weight is 176 g/mol. The molecule has 0 bridgehead atoms. The van der Waals surface area contributed by atoms with E-state index in [2.05, 4.69) is 4.98 Å². The molecule has 0 N–H and O–H groups in total. The van der Waals surface area contributed by atoms with Crippen LogP contribution in [0.1, 0.15) is 0 Å². The van der Waals surface area contributed by atoms with Gasteiger partial charge in [0.1, 0.15) is 5.82 Å². The second-order valence-corrected chi connectivity index (χ2v) is 2.90. The lowest BCUT2D eigenvalue weighted by molar-refractivity contribution is 0.628. The number of hydrogen-bond donors (Lipinski definition) is 0. The summed E-state index contributed by atoms with van der Waals surface area (Å²) in [4.78, 5) is 3.97. The van der Waals surface area contributed by atoms with Gasteiger partial charge in [-0.1, -0.05) is 12.1 Å². The molecule has 0 saturated heterocycles. The summed E-state index contributed by atoms with van der Waals surface area (Å²) in [6.45, 7) is 0. The Morgan fingerprint density at radius 3 is 2.85 bits per heavy atom. The van der Waals surface area contributed by atoms with Crippen molar-refractivity contribution >= 4 is 0 Å². The van der Waals surface area contributed by atoms with Crippen molar-refractivity contribution in [2.45, 2.75) is 0 Å². The van der Waals surface area contributed by atoms with Gasteiger partial charge in [-0.05, 0) is 12.1 Å². The van der Waals surface area contributed by atoms with Crippen LogP contribution in [0.5, 0.6) is 0 Å². The zero-order chi connectivity index (χ0) is 9.26. The number of imidazole rings is 1. The molecule has 0 saturated carbocycles. The first-order chi connectivity index (χ1) is 6.27. The summed E-state index contributed by atoms with van der Waals surface area (Å²) in [7, 11) is 1.88. The van der Waals surface area contributed by atoms with Gasteiger partial charge >= 0.3 is 0 Å². The summed E-state index contributed by atoms with van der Waals surface area (Å²) in [6, 6.07) is 6.48. The quantitative estimate of drug-likeness (QED) is 0.651. The summed E-state index contributed by atoms with van der Waals surface area (Å²) < 4.78 is 14.7. The lowest BCUT2D eigenvalue weighted by Gasteiger charge is -2.01. The number of benzene rings is 1. The van der Waals surface area contributed by atoms with E-state index in [9.17, 15) is 4.39 Å². The van der Waals surface area contributed by atoms with Crippen LogP contribution in [-0.2, 0) is 7.05 Å². The smallest absolute Gasteiger partial charge is 0.123 e. The molecule has 0 aliphatic heterocycles. The monoisotopic (exact) mass is 176 g/mol. The first-order valence-corrected chi connectivity index (χ1v) is 3.99. The Hall–Kier alpha value is -1.64. The molecule has 3 heteroatoms. The summed E-state index contributed by atoms with van der Waals surface area (Å²) in [5.74, 6) is -0.223. The van der Waals surface area contributed by atoms with Crippen molar-refractivity contribution in [1.29, 1.82) is 0 Å². The van der Waals surface area contributed by atoms with Gasteiger partial charge in [0.2, 0.25) is 0 Å². The van der Waals surface area contributed by atoms with E-state index in [1.807, 2.05) is 17.7 Å². The Bertz CT molecular complexity index is 420. The Kier molecular flexibility index (Phi) is 1.85. The molecule has 1 aromatic heterocycles. The van der Waals surface area contributed by atoms with Crippen LogP contribution in [0.25, 0.3) is 11.3 Å². The van der Waals surface area contributed by atoms with E-state index in [1.165, 1.54) is 12.1 Å². The number of aromatic nitrogens is 2. The van der Waals surface area contributed by atoms with Crippen LogP contribution in [0, 0.1) is 5.82 Å². The normalized spacial score (nSPS) is 10.3. The first kappa shape index (κ1) is 7.98. The minimum Gasteiger partial charge on any atom is -0.334 e. The van der Waals surface area contributed by atoms with Gasteiger partial charge in [0.25, 0.3) is 0 Å². The number of rotatable bonds is 1. The highest BCUT2D eigenvalue weighted by molar-refractivity contribution is 5.58. The molecule has 0 aliphatic rings. The highest BCUT2D eigenvalue weighted by Gasteiger charge is 2.01. The zero-order valence-electron chi connectivity index (χ0n) is 7.24. The Morgan fingerprint density at radius 1 is 1.38 bits per heavy atom. The molecule has 0 radical (unpaired) electrons. The molecular formula is C10H9FN2. The predicted octanol–water partition coefficient (Wildman–Crippen LogP) is 2.23. The topological polar surface area (TPSA) is 17.8 Å². The maximum Gasteiger partial charge on any atom is 0.123 e. The van der Waals surface area contributed by atoms with Crippen LogP contribution in [0.2, 0.25) is 0 Å². The lowest BCUT2D eigenvalue weighted by atomic mass is 10.1. The van der Waals surface area contributed by atoms with E-state index in [0.29, 0.717) is 0 Å². The van der Waals surface area contributed by atoms with E-state index < -0.39 is 0 Å². The lowest BCUT2D eigenvalue weighted by Crippen LogP contribution is -1.89. The molecule has 2 aromatic rings. The van der Waals surface area contributed by atoms with Crippen LogP contribution >= 0.6 is 0 Å². The third kappa shape index (κ3) is 1.45. The molecule has 1 heterocycles. The van der Waals surface area contributed by atoms with Crippen molar-refractivity contribution in [3.05, 3.63) is 42.6 Å². The highest BCUT2D eigenvalue weighted by Crippen LogP contribution is 2.18. The van der Waals surface area contributed by atoms with Crippen molar-refractivity contribution < 1.29 is 4.39 Å². The molecule has 0 fully saturated rings. The highest BCUT2D eigenvalue weighted by atomic mass is 19.1. The predicted molar refractivity (Wildman–Crippen MR) is 48.6 cm³/mol. The molecule has 0 unspecified atom stereocenters. The molecule has 0 atom stereocenters. The van der Waals surface area contributed by atoms with Crippen molar-refractivity contribution in [3.63, 3.8) is 0 Å². The number of halogens is 1. The fraction of sp³-hybridized carbons (Fsp3) is 0.100. The van der Waals surface area contributed by atoms with Crippen molar-refractivity contribution in [1.82, 2.24) is 9.55 Å². The van der Waals surface area contributed by atoms with Crippen LogP contribution in [-0.4, -0.2) is 9.55 Å². The van der Waals surface area contributed by atoms with E-state index >= 15 is 0 Å². The number of hydrogen-bond acceptors (Lipinski definition) is 1. The molecule has 13 heavy (non-hydrogen) atoms. The molecule has 0 amide bonds. The van der Waals surface area contributed by atoms with Crippen LogP contribution in [0.15, 0.2) is 36.8 Å². The summed E-state index contributed by atoms with van der Waals surface area (Å²) in [5.41, 5.74) is 1.76.